The summed E-state index contributed by atoms with van der Waals surface area (Å²) in [5.74, 6) is -2.13. The molecule has 0 aliphatic carbocycles. The maximum Gasteiger partial charge on any atom is 0.324 e. The Morgan fingerprint density at radius 2 is 1.11 bits per heavy atom. The fourth-order valence-electron chi connectivity index (χ4n) is 2.79. The van der Waals surface area contributed by atoms with Gasteiger partial charge in [-0.2, -0.15) is 0 Å². The summed E-state index contributed by atoms with van der Waals surface area (Å²) < 4.78 is 54.4. The van der Waals surface area contributed by atoms with Gasteiger partial charge < -0.3 is 14.8 Å². The molecule has 0 aromatic heterocycles. The summed E-state index contributed by atoms with van der Waals surface area (Å²) >= 11 is 0. The molecule has 0 amide bonds. The van der Waals surface area contributed by atoms with Gasteiger partial charge in [-0.1, -0.05) is 82.4 Å². The van der Waals surface area contributed by atoms with Crippen molar-refractivity contribution in [3.05, 3.63) is 71.8 Å². The van der Waals surface area contributed by atoms with E-state index in [1.54, 1.807) is 6.92 Å². The Balaban J connectivity index is -0.000000598. The number of esters is 2. The Hall–Kier alpha value is -2.47. The maximum atomic E-state index is 11.7. The molecular weight excluding hydrogens is 554 g/mol. The first kappa shape index (κ1) is 40.0. The molecular formula is C26H42ClNO8S2. The van der Waals surface area contributed by atoms with Crippen LogP contribution in [-0.2, 0) is 52.0 Å². The zero-order valence-electron chi connectivity index (χ0n) is 20.7. The van der Waals surface area contributed by atoms with Gasteiger partial charge in [0.05, 0.1) is 17.4 Å². The molecule has 0 saturated heterocycles. The van der Waals surface area contributed by atoms with E-state index in [2.05, 4.69) is 5.32 Å². The fourth-order valence-corrected chi connectivity index (χ4v) is 4.75. The molecule has 38 heavy (non-hydrogen) atoms. The molecule has 2 unspecified atom stereocenters. The van der Waals surface area contributed by atoms with Gasteiger partial charge in [-0.15, -0.1) is 12.4 Å². The summed E-state index contributed by atoms with van der Waals surface area (Å²) in [4.78, 5) is 23.2. The van der Waals surface area contributed by atoms with Crippen molar-refractivity contribution in [3.8, 4) is 0 Å². The molecule has 1 N–H and O–H groups in total. The van der Waals surface area contributed by atoms with Crippen LogP contribution in [0.2, 0.25) is 0 Å². The Morgan fingerprint density at radius 3 is 1.45 bits per heavy atom. The number of ether oxygens (including phenoxy) is 2. The van der Waals surface area contributed by atoms with Crippen LogP contribution in [0, 0.1) is 5.92 Å². The highest BCUT2D eigenvalue weighted by atomic mass is 35.5. The monoisotopic (exact) mass is 595 g/mol. The highest BCUT2D eigenvalue weighted by Crippen LogP contribution is 2.07. The average molecular weight is 596 g/mol. The van der Waals surface area contributed by atoms with Crippen LogP contribution in [0.25, 0.3) is 0 Å². The van der Waals surface area contributed by atoms with Crippen molar-refractivity contribution in [3.63, 3.8) is 0 Å². The third-order valence-corrected chi connectivity index (χ3v) is 6.55. The predicted molar refractivity (Wildman–Crippen MR) is 155 cm³/mol. The highest BCUT2D eigenvalue weighted by molar-refractivity contribution is 7.91. The van der Waals surface area contributed by atoms with Crippen molar-refractivity contribution in [2.75, 3.05) is 31.1 Å². The molecule has 0 aliphatic heterocycles. The first-order valence-corrected chi connectivity index (χ1v) is 14.9. The van der Waals surface area contributed by atoms with Crippen molar-refractivity contribution in [1.29, 1.82) is 0 Å². The molecule has 0 radical (unpaired) electrons. The van der Waals surface area contributed by atoms with Crippen LogP contribution in [0.15, 0.2) is 60.7 Å². The van der Waals surface area contributed by atoms with Crippen LogP contribution >= 0.6 is 12.4 Å². The number of carbonyl (C=O) groups excluding carboxylic acids is 2. The average Bonchev–Trinajstić information content (AvgIpc) is 2.79. The van der Waals surface area contributed by atoms with Crippen LogP contribution in [0.3, 0.4) is 0 Å². The van der Waals surface area contributed by atoms with E-state index < -0.39 is 43.6 Å². The second kappa shape index (κ2) is 19.6. The fraction of sp³-hybridized carbons (Fsp3) is 0.462. The summed E-state index contributed by atoms with van der Waals surface area (Å²) in [6, 6.07) is 17.6. The molecule has 9 nitrogen and oxygen atoms in total. The molecule has 218 valence electrons. The van der Waals surface area contributed by atoms with Gasteiger partial charge in [0.2, 0.25) is 0 Å². The van der Waals surface area contributed by atoms with E-state index in [4.69, 9.17) is 9.47 Å². The van der Waals surface area contributed by atoms with E-state index in [0.717, 1.165) is 23.6 Å². The van der Waals surface area contributed by atoms with Crippen molar-refractivity contribution >= 4 is 44.0 Å². The third kappa shape index (κ3) is 18.7. The van der Waals surface area contributed by atoms with Crippen LogP contribution < -0.4 is 5.32 Å². The number of carbonyl (C=O) groups is 2. The van der Waals surface area contributed by atoms with Crippen LogP contribution in [0.1, 0.15) is 32.9 Å². The minimum absolute atomic E-state index is 0. The summed E-state index contributed by atoms with van der Waals surface area (Å²) in [5.41, 5.74) is 1.74. The Bertz CT molecular complexity index is 1140. The summed E-state index contributed by atoms with van der Waals surface area (Å²) in [6.45, 7) is 1.86. The first-order valence-electron chi connectivity index (χ1n) is 10.7. The van der Waals surface area contributed by atoms with E-state index in [9.17, 15) is 26.4 Å². The molecule has 0 bridgehead atoms. The third-order valence-electron chi connectivity index (χ3n) is 4.51. The molecule has 0 heterocycles. The molecule has 2 aromatic rings. The summed E-state index contributed by atoms with van der Waals surface area (Å²) in [7, 11) is -4.85. The SMILES string of the molecule is C.C.CC(CS(C)(=O)=O)C(=O)OCc1ccccc1.CNC(CS(C)(=O)=O)C(=O)OCc1ccccc1.Cl. The number of benzene rings is 2. The molecule has 0 aliphatic rings. The van der Waals surface area contributed by atoms with Gasteiger partial charge in [-0.05, 0) is 18.2 Å². The smallest absolute Gasteiger partial charge is 0.324 e. The topological polar surface area (TPSA) is 133 Å². The van der Waals surface area contributed by atoms with Crippen LogP contribution in [0.4, 0.5) is 0 Å². The molecule has 0 spiro atoms. The van der Waals surface area contributed by atoms with Crippen molar-refractivity contribution in [2.24, 2.45) is 5.92 Å². The van der Waals surface area contributed by atoms with E-state index in [0.29, 0.717) is 0 Å². The van der Waals surface area contributed by atoms with Crippen LogP contribution in [0.5, 0.6) is 0 Å². The van der Waals surface area contributed by atoms with Gasteiger partial charge in [0.15, 0.2) is 0 Å². The minimum Gasteiger partial charge on any atom is -0.461 e. The number of hydrogen-bond donors (Lipinski definition) is 1. The lowest BCUT2D eigenvalue weighted by Gasteiger charge is -2.14. The second-order valence-corrected chi connectivity index (χ2v) is 12.5. The quantitative estimate of drug-likeness (QED) is 0.388. The van der Waals surface area contributed by atoms with Gasteiger partial charge in [-0.25, -0.2) is 16.8 Å². The van der Waals surface area contributed by atoms with Crippen molar-refractivity contribution in [2.45, 2.75) is 41.0 Å². The lowest BCUT2D eigenvalue weighted by molar-refractivity contribution is -0.148. The Labute approximate surface area is 234 Å². The number of rotatable bonds is 11. The molecule has 12 heteroatoms. The largest absolute Gasteiger partial charge is 0.461 e. The van der Waals surface area contributed by atoms with Gasteiger partial charge in [-0.3, -0.25) is 9.59 Å². The zero-order valence-corrected chi connectivity index (χ0v) is 23.2. The van der Waals surface area contributed by atoms with Crippen LogP contribution in [-0.4, -0.2) is 65.9 Å². The van der Waals surface area contributed by atoms with E-state index in [1.165, 1.54) is 7.05 Å². The number of sulfone groups is 2. The first-order chi connectivity index (χ1) is 16.3. The zero-order chi connectivity index (χ0) is 26.5. The van der Waals surface area contributed by atoms with Gasteiger partial charge >= 0.3 is 11.9 Å². The number of nitrogens with one attached hydrogen (secondary N) is 1. The summed E-state index contributed by atoms with van der Waals surface area (Å²) in [6.07, 6.45) is 2.19. The number of hydrogen-bond acceptors (Lipinski definition) is 9. The second-order valence-electron chi connectivity index (χ2n) is 8.11. The summed E-state index contributed by atoms with van der Waals surface area (Å²) in [5, 5.41) is 2.64. The normalized spacial score (nSPS) is 12.0. The van der Waals surface area contributed by atoms with E-state index in [-0.39, 0.29) is 52.0 Å². The Morgan fingerprint density at radius 1 is 0.737 bits per heavy atom. The number of halogens is 1. The maximum absolute atomic E-state index is 11.7. The van der Waals surface area contributed by atoms with E-state index >= 15 is 0 Å². The van der Waals surface area contributed by atoms with E-state index in [1.807, 2.05) is 60.7 Å². The Kier molecular flexibility index (Phi) is 20.6. The molecule has 0 fully saturated rings. The van der Waals surface area contributed by atoms with Gasteiger partial charge in [0.1, 0.15) is 38.9 Å². The standard InChI is InChI=1S/C12H17NO4S.C12H16O4S.2CH4.ClH/c1-13-11(9-18(2,15)16)12(14)17-8-10-6-4-3-5-7-10;1-10(9-17(2,14)15)12(13)16-8-11-6-4-3-5-7-11;;;/h3-7,11,13H,8-9H2,1-2H3;3-7,10H,8-9H2,1-2H3;2*1H4;1H. The highest BCUT2D eigenvalue weighted by Gasteiger charge is 2.23. The van der Waals surface area contributed by atoms with Crippen molar-refractivity contribution in [1.82, 2.24) is 5.32 Å². The molecule has 2 rings (SSSR count). The minimum atomic E-state index is -3.23. The number of likely N-dealkylation sites (N-methyl/N-ethyl adjacent to an activating group) is 1. The van der Waals surface area contributed by atoms with Gasteiger partial charge in [0, 0.05) is 12.5 Å². The molecule has 2 aromatic carbocycles. The molecule has 0 saturated carbocycles. The van der Waals surface area contributed by atoms with Crippen molar-refractivity contribution < 1.29 is 35.9 Å². The molecule has 2 atom stereocenters. The lowest BCUT2D eigenvalue weighted by Crippen LogP contribution is -2.41. The lowest BCUT2D eigenvalue weighted by atomic mass is 10.2. The predicted octanol–water partition coefficient (Wildman–Crippen LogP) is 3.47. The van der Waals surface area contributed by atoms with Gasteiger partial charge in [0.25, 0.3) is 0 Å².